The molecule has 5 nitrogen and oxygen atoms in total. The largest absolute Gasteiger partial charge is 0.370 e. The Morgan fingerprint density at radius 2 is 2.14 bits per heavy atom. The quantitative estimate of drug-likeness (QED) is 0.802. The van der Waals surface area contributed by atoms with Gasteiger partial charge in [0.2, 0.25) is 10.0 Å². The van der Waals surface area contributed by atoms with E-state index in [1.807, 2.05) is 6.92 Å². The van der Waals surface area contributed by atoms with Crippen molar-refractivity contribution in [3.63, 3.8) is 0 Å². The fourth-order valence-electron chi connectivity index (χ4n) is 2.43. The number of hydrogen-bond acceptors (Lipinski definition) is 4. The van der Waals surface area contributed by atoms with Crippen LogP contribution in [0.3, 0.4) is 0 Å². The standard InChI is InChI=1S/C15H25N3O2S/c1-3-9-16-15-11-14(8-10-17-15)21(19,20)18(4-2)12-13-6-5-7-13/h8,10-11,13H,3-7,9,12H2,1-2H3,(H,16,17). The predicted octanol–water partition coefficient (Wildman–Crippen LogP) is 2.71. The van der Waals surface area contributed by atoms with Gasteiger partial charge in [0.1, 0.15) is 5.82 Å². The van der Waals surface area contributed by atoms with E-state index in [1.165, 1.54) is 6.42 Å². The first-order chi connectivity index (χ1) is 10.1. The Morgan fingerprint density at radius 3 is 2.71 bits per heavy atom. The van der Waals surface area contributed by atoms with Crippen LogP contribution >= 0.6 is 0 Å². The molecule has 1 aromatic rings. The summed E-state index contributed by atoms with van der Waals surface area (Å²) in [4.78, 5) is 4.50. The van der Waals surface area contributed by atoms with Crippen molar-refractivity contribution in [2.45, 2.75) is 44.4 Å². The lowest BCUT2D eigenvalue weighted by Crippen LogP contribution is -2.37. The maximum atomic E-state index is 12.7. The van der Waals surface area contributed by atoms with Gasteiger partial charge in [-0.15, -0.1) is 0 Å². The zero-order chi connectivity index (χ0) is 15.3. The summed E-state index contributed by atoms with van der Waals surface area (Å²) in [6, 6.07) is 3.21. The normalized spacial score (nSPS) is 16.0. The number of aromatic nitrogens is 1. The van der Waals surface area contributed by atoms with E-state index in [1.54, 1.807) is 22.6 Å². The summed E-state index contributed by atoms with van der Waals surface area (Å²) in [6.45, 7) is 5.90. The van der Waals surface area contributed by atoms with Crippen LogP contribution in [0, 0.1) is 5.92 Å². The molecule has 0 saturated heterocycles. The molecule has 1 fully saturated rings. The molecule has 1 aliphatic rings. The first-order valence-corrected chi connectivity index (χ1v) is 9.22. The second-order valence-electron chi connectivity index (χ2n) is 5.56. The molecule has 6 heteroatoms. The highest BCUT2D eigenvalue weighted by Crippen LogP contribution is 2.29. The minimum absolute atomic E-state index is 0.331. The minimum atomic E-state index is -3.42. The molecule has 0 radical (unpaired) electrons. The smallest absolute Gasteiger partial charge is 0.243 e. The fourth-order valence-corrected chi connectivity index (χ4v) is 3.97. The van der Waals surface area contributed by atoms with Gasteiger partial charge in [-0.25, -0.2) is 13.4 Å². The number of hydrogen-bond donors (Lipinski definition) is 1. The molecule has 1 heterocycles. The molecule has 0 bridgehead atoms. The summed E-state index contributed by atoms with van der Waals surface area (Å²) in [5, 5.41) is 3.13. The van der Waals surface area contributed by atoms with Crippen molar-refractivity contribution in [1.29, 1.82) is 0 Å². The summed E-state index contributed by atoms with van der Waals surface area (Å²) >= 11 is 0. The van der Waals surface area contributed by atoms with Gasteiger partial charge in [0.25, 0.3) is 0 Å². The second-order valence-corrected chi connectivity index (χ2v) is 7.49. The highest BCUT2D eigenvalue weighted by molar-refractivity contribution is 7.89. The maximum Gasteiger partial charge on any atom is 0.243 e. The molecule has 2 rings (SSSR count). The van der Waals surface area contributed by atoms with Crippen molar-refractivity contribution >= 4 is 15.8 Å². The van der Waals surface area contributed by atoms with Crippen LogP contribution in [0.25, 0.3) is 0 Å². The van der Waals surface area contributed by atoms with Crippen molar-refractivity contribution in [1.82, 2.24) is 9.29 Å². The zero-order valence-electron chi connectivity index (χ0n) is 12.9. The first-order valence-electron chi connectivity index (χ1n) is 7.78. The van der Waals surface area contributed by atoms with Crippen LogP contribution < -0.4 is 5.32 Å². The van der Waals surface area contributed by atoms with Crippen molar-refractivity contribution in [2.75, 3.05) is 25.0 Å². The van der Waals surface area contributed by atoms with Gasteiger partial charge in [0.05, 0.1) is 4.90 Å². The van der Waals surface area contributed by atoms with Crippen LogP contribution in [0.4, 0.5) is 5.82 Å². The number of anilines is 1. The van der Waals surface area contributed by atoms with Gasteiger partial charge in [-0.05, 0) is 31.2 Å². The van der Waals surface area contributed by atoms with Crippen LogP contribution in [0.5, 0.6) is 0 Å². The molecule has 21 heavy (non-hydrogen) atoms. The topological polar surface area (TPSA) is 62.3 Å². The van der Waals surface area contributed by atoms with Gasteiger partial charge in [0, 0.05) is 31.9 Å². The molecule has 1 N–H and O–H groups in total. The SMILES string of the molecule is CCCNc1cc(S(=O)(=O)N(CC)CC2CCC2)ccn1. The van der Waals surface area contributed by atoms with Gasteiger partial charge >= 0.3 is 0 Å². The van der Waals surface area contributed by atoms with E-state index < -0.39 is 10.0 Å². The van der Waals surface area contributed by atoms with Crippen LogP contribution in [0.2, 0.25) is 0 Å². The Balaban J connectivity index is 2.16. The lowest BCUT2D eigenvalue weighted by molar-refractivity contribution is 0.250. The third kappa shape index (κ3) is 3.95. The van der Waals surface area contributed by atoms with Gasteiger partial charge in [-0.2, -0.15) is 4.31 Å². The molecule has 118 valence electrons. The van der Waals surface area contributed by atoms with Gasteiger partial charge < -0.3 is 5.32 Å². The summed E-state index contributed by atoms with van der Waals surface area (Å²) in [5.74, 6) is 1.15. The molecule has 0 unspecified atom stereocenters. The van der Waals surface area contributed by atoms with Crippen LogP contribution in [0.1, 0.15) is 39.5 Å². The summed E-state index contributed by atoms with van der Waals surface area (Å²) in [5.41, 5.74) is 0. The van der Waals surface area contributed by atoms with E-state index in [0.29, 0.717) is 29.7 Å². The number of nitrogens with one attached hydrogen (secondary N) is 1. The number of nitrogens with zero attached hydrogens (tertiary/aromatic N) is 2. The summed E-state index contributed by atoms with van der Waals surface area (Å²) < 4.78 is 27.1. The van der Waals surface area contributed by atoms with E-state index in [0.717, 1.165) is 25.8 Å². The molecule has 0 amide bonds. The Morgan fingerprint density at radius 1 is 1.38 bits per heavy atom. The molecule has 0 aromatic carbocycles. The van der Waals surface area contributed by atoms with E-state index in [9.17, 15) is 8.42 Å². The van der Waals surface area contributed by atoms with Crippen LogP contribution in [-0.4, -0.2) is 37.3 Å². The van der Waals surface area contributed by atoms with Gasteiger partial charge in [-0.3, -0.25) is 0 Å². The molecule has 0 atom stereocenters. The van der Waals surface area contributed by atoms with E-state index in [2.05, 4.69) is 17.2 Å². The monoisotopic (exact) mass is 311 g/mol. The Labute approximate surface area is 127 Å². The maximum absolute atomic E-state index is 12.7. The highest BCUT2D eigenvalue weighted by atomic mass is 32.2. The molecule has 0 aliphatic heterocycles. The predicted molar refractivity (Wildman–Crippen MR) is 84.8 cm³/mol. The Kier molecular flexibility index (Phi) is 5.58. The van der Waals surface area contributed by atoms with E-state index in [4.69, 9.17) is 0 Å². The van der Waals surface area contributed by atoms with Crippen molar-refractivity contribution < 1.29 is 8.42 Å². The van der Waals surface area contributed by atoms with Gasteiger partial charge in [-0.1, -0.05) is 20.3 Å². The number of rotatable bonds is 8. The van der Waals surface area contributed by atoms with Crippen LogP contribution in [-0.2, 0) is 10.0 Å². The Bertz CT molecular complexity index is 556. The molecular weight excluding hydrogens is 286 g/mol. The average Bonchev–Trinajstić information content (AvgIpc) is 2.44. The van der Waals surface area contributed by atoms with Crippen molar-refractivity contribution in [3.05, 3.63) is 18.3 Å². The lowest BCUT2D eigenvalue weighted by Gasteiger charge is -2.31. The average molecular weight is 311 g/mol. The third-order valence-corrected chi connectivity index (χ3v) is 5.90. The lowest BCUT2D eigenvalue weighted by atomic mass is 9.85. The summed E-state index contributed by atoms with van der Waals surface area (Å²) in [6.07, 6.45) is 6.05. The number of pyridine rings is 1. The molecular formula is C15H25N3O2S. The summed E-state index contributed by atoms with van der Waals surface area (Å²) in [7, 11) is -3.42. The molecule has 1 saturated carbocycles. The van der Waals surface area contributed by atoms with Crippen molar-refractivity contribution in [3.8, 4) is 0 Å². The van der Waals surface area contributed by atoms with E-state index >= 15 is 0 Å². The van der Waals surface area contributed by atoms with E-state index in [-0.39, 0.29) is 0 Å². The minimum Gasteiger partial charge on any atom is -0.370 e. The molecule has 1 aromatic heterocycles. The third-order valence-electron chi connectivity index (χ3n) is 3.96. The first kappa shape index (κ1) is 16.2. The fraction of sp³-hybridized carbons (Fsp3) is 0.667. The van der Waals surface area contributed by atoms with Crippen molar-refractivity contribution in [2.24, 2.45) is 5.92 Å². The molecule has 0 spiro atoms. The van der Waals surface area contributed by atoms with Gasteiger partial charge in [0.15, 0.2) is 0 Å². The zero-order valence-corrected chi connectivity index (χ0v) is 13.7. The highest BCUT2D eigenvalue weighted by Gasteiger charge is 2.28. The molecule has 1 aliphatic carbocycles. The number of sulfonamides is 1. The van der Waals surface area contributed by atoms with Crippen LogP contribution in [0.15, 0.2) is 23.2 Å². The second kappa shape index (κ2) is 7.22. The Hall–Kier alpha value is -1.14.